The molecule has 0 unspecified atom stereocenters. The molecule has 1 amide bonds. The van der Waals surface area contributed by atoms with Crippen LogP contribution >= 0.6 is 12.4 Å². The Balaban J connectivity index is 0.00000256. The number of carbonyl (C=O) groups excluding carboxylic acids is 1. The summed E-state index contributed by atoms with van der Waals surface area (Å²) in [7, 11) is 0. The molecule has 0 atom stereocenters. The fourth-order valence-electron chi connectivity index (χ4n) is 1.62. The van der Waals surface area contributed by atoms with Gasteiger partial charge in [0.25, 0.3) is 0 Å². The highest BCUT2D eigenvalue weighted by molar-refractivity contribution is 5.85. The van der Waals surface area contributed by atoms with Gasteiger partial charge in [0.1, 0.15) is 5.60 Å². The zero-order valence-corrected chi connectivity index (χ0v) is 11.5. The van der Waals surface area contributed by atoms with Crippen LogP contribution in [0.25, 0.3) is 0 Å². The third-order valence-electron chi connectivity index (χ3n) is 2.73. The van der Waals surface area contributed by atoms with E-state index in [9.17, 15) is 4.79 Å². The second kappa shape index (κ2) is 5.89. The summed E-state index contributed by atoms with van der Waals surface area (Å²) in [5.41, 5.74) is 4.92. The normalized spacial score (nSPS) is 19.5. The molecule has 0 bridgehead atoms. The summed E-state index contributed by atoms with van der Waals surface area (Å²) in [5.74, 6) is 0. The van der Waals surface area contributed by atoms with Crippen LogP contribution < -0.4 is 5.73 Å². The lowest BCUT2D eigenvalue weighted by Gasteiger charge is -2.38. The van der Waals surface area contributed by atoms with Crippen molar-refractivity contribution in [3.05, 3.63) is 0 Å². The van der Waals surface area contributed by atoms with Gasteiger partial charge in [0.2, 0.25) is 0 Å². The Kier molecular flexibility index (Phi) is 5.71. The predicted molar refractivity (Wildman–Crippen MR) is 68.3 cm³/mol. The number of amides is 1. The lowest BCUT2D eigenvalue weighted by Crippen LogP contribution is -2.54. The van der Waals surface area contributed by atoms with Gasteiger partial charge in [0.05, 0.1) is 6.61 Å². The van der Waals surface area contributed by atoms with Crippen molar-refractivity contribution >= 4 is 18.5 Å². The van der Waals surface area contributed by atoms with E-state index in [1.54, 1.807) is 4.90 Å². The van der Waals surface area contributed by atoms with Gasteiger partial charge in [-0.2, -0.15) is 0 Å². The number of rotatable bonds is 1. The minimum Gasteiger partial charge on any atom is -0.444 e. The standard InChI is InChI=1S/C11H22N2O3.ClH/c1-10(2,3)16-9(15)13-6-4-11(12,8-14)5-7-13;/h14H,4-8,12H2,1-3H3;1H. The average Bonchev–Trinajstić information content (AvgIpc) is 2.16. The van der Waals surface area contributed by atoms with Gasteiger partial charge in [-0.1, -0.05) is 0 Å². The molecule has 0 aromatic heterocycles. The third kappa shape index (κ3) is 5.10. The van der Waals surface area contributed by atoms with Crippen molar-refractivity contribution in [3.63, 3.8) is 0 Å². The van der Waals surface area contributed by atoms with Gasteiger partial charge in [-0.3, -0.25) is 0 Å². The number of nitrogens with zero attached hydrogens (tertiary/aromatic N) is 1. The Hall–Kier alpha value is -0.520. The quantitative estimate of drug-likeness (QED) is 0.746. The molecule has 0 saturated carbocycles. The highest BCUT2D eigenvalue weighted by Gasteiger charge is 2.33. The molecule has 1 heterocycles. The molecular weight excluding hydrogens is 244 g/mol. The van der Waals surface area contributed by atoms with Crippen LogP contribution in [0.2, 0.25) is 0 Å². The second-order valence-corrected chi connectivity index (χ2v) is 5.49. The summed E-state index contributed by atoms with van der Waals surface area (Å²) in [4.78, 5) is 13.4. The molecule has 0 aromatic carbocycles. The van der Waals surface area contributed by atoms with Crippen molar-refractivity contribution in [2.75, 3.05) is 19.7 Å². The van der Waals surface area contributed by atoms with Gasteiger partial charge < -0.3 is 20.5 Å². The number of likely N-dealkylation sites (tertiary alicyclic amines) is 1. The van der Waals surface area contributed by atoms with Gasteiger partial charge in [-0.25, -0.2) is 4.79 Å². The number of halogens is 1. The van der Waals surface area contributed by atoms with Crippen LogP contribution in [-0.4, -0.2) is 46.9 Å². The van der Waals surface area contributed by atoms with Crippen molar-refractivity contribution in [2.24, 2.45) is 5.73 Å². The highest BCUT2D eigenvalue weighted by Crippen LogP contribution is 2.20. The van der Waals surface area contributed by atoms with Gasteiger partial charge in [0.15, 0.2) is 0 Å². The number of piperidine rings is 1. The smallest absolute Gasteiger partial charge is 0.410 e. The number of hydrogen-bond acceptors (Lipinski definition) is 4. The molecule has 0 aromatic rings. The Labute approximate surface area is 109 Å². The monoisotopic (exact) mass is 266 g/mol. The van der Waals surface area contributed by atoms with E-state index in [4.69, 9.17) is 15.6 Å². The maximum absolute atomic E-state index is 11.7. The minimum absolute atomic E-state index is 0. The van der Waals surface area contributed by atoms with E-state index >= 15 is 0 Å². The van der Waals surface area contributed by atoms with E-state index in [0.29, 0.717) is 25.9 Å². The van der Waals surface area contributed by atoms with Gasteiger partial charge in [-0.05, 0) is 33.6 Å². The molecule has 17 heavy (non-hydrogen) atoms. The first-order chi connectivity index (χ1) is 7.26. The van der Waals surface area contributed by atoms with Crippen molar-refractivity contribution in [1.29, 1.82) is 0 Å². The maximum Gasteiger partial charge on any atom is 0.410 e. The first-order valence-corrected chi connectivity index (χ1v) is 5.63. The molecule has 1 fully saturated rings. The zero-order valence-electron chi connectivity index (χ0n) is 10.7. The number of hydrogen-bond donors (Lipinski definition) is 2. The van der Waals surface area contributed by atoms with E-state index in [-0.39, 0.29) is 25.1 Å². The summed E-state index contributed by atoms with van der Waals surface area (Å²) in [6.07, 6.45) is 0.929. The summed E-state index contributed by atoms with van der Waals surface area (Å²) >= 11 is 0. The lowest BCUT2D eigenvalue weighted by atomic mass is 9.90. The fraction of sp³-hybridized carbons (Fsp3) is 0.909. The van der Waals surface area contributed by atoms with E-state index in [2.05, 4.69) is 0 Å². The third-order valence-corrected chi connectivity index (χ3v) is 2.73. The van der Waals surface area contributed by atoms with Crippen LogP contribution in [0.1, 0.15) is 33.6 Å². The van der Waals surface area contributed by atoms with Gasteiger partial charge in [0, 0.05) is 18.6 Å². The van der Waals surface area contributed by atoms with Crippen LogP contribution in [0.5, 0.6) is 0 Å². The molecule has 102 valence electrons. The summed E-state index contributed by atoms with van der Waals surface area (Å²) in [6.45, 7) is 6.59. The summed E-state index contributed by atoms with van der Waals surface area (Å²) < 4.78 is 5.26. The largest absolute Gasteiger partial charge is 0.444 e. The fourth-order valence-corrected chi connectivity index (χ4v) is 1.62. The van der Waals surface area contributed by atoms with Crippen LogP contribution in [0, 0.1) is 0 Å². The molecule has 0 aliphatic carbocycles. The second-order valence-electron chi connectivity index (χ2n) is 5.49. The van der Waals surface area contributed by atoms with Crippen LogP contribution in [-0.2, 0) is 4.74 Å². The molecule has 1 saturated heterocycles. The van der Waals surface area contributed by atoms with E-state index in [1.165, 1.54) is 0 Å². The topological polar surface area (TPSA) is 75.8 Å². The molecule has 1 aliphatic rings. The number of carbonyl (C=O) groups is 1. The molecule has 6 heteroatoms. The van der Waals surface area contributed by atoms with E-state index in [0.717, 1.165) is 0 Å². The summed E-state index contributed by atoms with van der Waals surface area (Å²) in [5, 5.41) is 9.10. The van der Waals surface area contributed by atoms with E-state index in [1.807, 2.05) is 20.8 Å². The molecule has 5 nitrogen and oxygen atoms in total. The Morgan fingerprint density at radius 1 is 1.41 bits per heavy atom. The van der Waals surface area contributed by atoms with Crippen LogP contribution in [0.4, 0.5) is 4.79 Å². The van der Waals surface area contributed by atoms with Crippen LogP contribution in [0.3, 0.4) is 0 Å². The minimum atomic E-state index is -0.529. The van der Waals surface area contributed by atoms with Gasteiger partial charge in [-0.15, -0.1) is 12.4 Å². The Bertz CT molecular complexity index is 258. The van der Waals surface area contributed by atoms with Crippen LogP contribution in [0.15, 0.2) is 0 Å². The SMILES string of the molecule is CC(C)(C)OC(=O)N1CCC(N)(CO)CC1.Cl. The maximum atomic E-state index is 11.7. The number of ether oxygens (including phenoxy) is 1. The number of aliphatic hydroxyl groups excluding tert-OH is 1. The predicted octanol–water partition coefficient (Wildman–Crippen LogP) is 1.13. The number of nitrogens with two attached hydrogens (primary N) is 1. The average molecular weight is 267 g/mol. The lowest BCUT2D eigenvalue weighted by molar-refractivity contribution is 0.0132. The number of aliphatic hydroxyl groups is 1. The van der Waals surface area contributed by atoms with Crippen molar-refractivity contribution in [2.45, 2.75) is 44.8 Å². The molecule has 0 spiro atoms. The Morgan fingerprint density at radius 2 is 1.88 bits per heavy atom. The summed E-state index contributed by atoms with van der Waals surface area (Å²) in [6, 6.07) is 0. The molecule has 0 radical (unpaired) electrons. The highest BCUT2D eigenvalue weighted by atomic mass is 35.5. The first-order valence-electron chi connectivity index (χ1n) is 5.63. The molecule has 1 aliphatic heterocycles. The molecule has 3 N–H and O–H groups in total. The van der Waals surface area contributed by atoms with E-state index < -0.39 is 11.1 Å². The molecular formula is C11H23ClN2O3. The molecule has 1 rings (SSSR count). The zero-order chi connectivity index (χ0) is 12.4. The van der Waals surface area contributed by atoms with Gasteiger partial charge >= 0.3 is 6.09 Å². The van der Waals surface area contributed by atoms with Crippen molar-refractivity contribution in [1.82, 2.24) is 4.90 Å². The first kappa shape index (κ1) is 16.5. The Morgan fingerprint density at radius 3 is 2.24 bits per heavy atom. The van der Waals surface area contributed by atoms with Crippen molar-refractivity contribution < 1.29 is 14.6 Å². The van der Waals surface area contributed by atoms with Crippen molar-refractivity contribution in [3.8, 4) is 0 Å².